The number of aliphatic carboxylic acids is 2. The highest BCUT2D eigenvalue weighted by molar-refractivity contribution is 6.01. The fraction of sp³-hybridized carbons (Fsp3) is 0.345. The van der Waals surface area contributed by atoms with Gasteiger partial charge in [-0.15, -0.1) is 0 Å². The van der Waals surface area contributed by atoms with Crippen molar-refractivity contribution in [3.63, 3.8) is 0 Å². The number of rotatable bonds is 8. The van der Waals surface area contributed by atoms with Crippen molar-refractivity contribution in [1.82, 2.24) is 4.90 Å². The van der Waals surface area contributed by atoms with E-state index in [2.05, 4.69) is 6.07 Å². The van der Waals surface area contributed by atoms with Gasteiger partial charge in [-0.3, -0.25) is 0 Å². The van der Waals surface area contributed by atoms with Gasteiger partial charge in [0.15, 0.2) is 0 Å². The summed E-state index contributed by atoms with van der Waals surface area (Å²) in [5, 5.41) is 30.8. The van der Waals surface area contributed by atoms with Crippen LogP contribution in [0.25, 0.3) is 0 Å². The van der Waals surface area contributed by atoms with Gasteiger partial charge in [0.2, 0.25) is 0 Å². The van der Waals surface area contributed by atoms with Crippen LogP contribution in [0.1, 0.15) is 50.7 Å². The summed E-state index contributed by atoms with van der Waals surface area (Å²) in [6, 6.07) is 18.2. The summed E-state index contributed by atoms with van der Waals surface area (Å²) in [5.74, 6) is -1.83. The molecule has 7 heteroatoms. The molecule has 0 atom stereocenters. The Bertz CT molecular complexity index is 1230. The van der Waals surface area contributed by atoms with Crippen LogP contribution in [0.2, 0.25) is 0 Å². The van der Waals surface area contributed by atoms with E-state index in [0.717, 1.165) is 12.8 Å². The Morgan fingerprint density at radius 2 is 1.61 bits per heavy atom. The second kappa shape index (κ2) is 10.3. The molecule has 2 aromatic carbocycles. The third-order valence-electron chi connectivity index (χ3n) is 7.49. The molecule has 1 fully saturated rings. The Kier molecular flexibility index (Phi) is 7.16. The van der Waals surface area contributed by atoms with E-state index in [1.807, 2.05) is 30.3 Å². The maximum atomic E-state index is 13.0. The van der Waals surface area contributed by atoms with E-state index in [0.29, 0.717) is 47.7 Å². The quantitative estimate of drug-likeness (QED) is 0.534. The van der Waals surface area contributed by atoms with Gasteiger partial charge in [0.05, 0.1) is 34.7 Å². The third-order valence-corrected chi connectivity index (χ3v) is 7.49. The Morgan fingerprint density at radius 1 is 1.00 bits per heavy atom. The maximum absolute atomic E-state index is 13.0. The molecule has 0 spiro atoms. The molecule has 0 aromatic heterocycles. The van der Waals surface area contributed by atoms with Crippen LogP contribution in [0.15, 0.2) is 77.1 Å². The lowest BCUT2D eigenvalue weighted by Crippen LogP contribution is -2.50. The van der Waals surface area contributed by atoms with E-state index in [-0.39, 0.29) is 23.7 Å². The van der Waals surface area contributed by atoms with Crippen LogP contribution < -0.4 is 4.74 Å². The molecule has 2 aliphatic rings. The van der Waals surface area contributed by atoms with E-state index in [9.17, 15) is 25.1 Å². The average molecular weight is 487 g/mol. The fourth-order valence-corrected chi connectivity index (χ4v) is 6.10. The van der Waals surface area contributed by atoms with E-state index in [4.69, 9.17) is 4.74 Å². The minimum atomic E-state index is -1.37. The summed E-state index contributed by atoms with van der Waals surface area (Å²) >= 11 is 0. The van der Waals surface area contributed by atoms with Gasteiger partial charge in [0, 0.05) is 11.4 Å². The molecule has 1 aliphatic heterocycles. The maximum Gasteiger partial charge on any atom is 0.334 e. The Morgan fingerprint density at radius 3 is 2.17 bits per heavy atom. The molecule has 4 rings (SSSR count). The molecule has 0 unspecified atom stereocenters. The molecule has 1 heterocycles. The number of para-hydroxylation sites is 1. The van der Waals surface area contributed by atoms with Crippen molar-refractivity contribution in [2.75, 3.05) is 13.2 Å². The predicted octanol–water partition coefficient (Wildman–Crippen LogP) is 5.10. The van der Waals surface area contributed by atoms with Crippen LogP contribution in [0.3, 0.4) is 0 Å². The summed E-state index contributed by atoms with van der Waals surface area (Å²) in [6.45, 7) is 4.02. The van der Waals surface area contributed by atoms with E-state index in [1.165, 1.54) is 0 Å². The molecular weight excluding hydrogens is 456 g/mol. The Labute approximate surface area is 210 Å². The number of carboxylic acids is 2. The number of hydrogen-bond donors (Lipinski definition) is 2. The molecule has 0 saturated heterocycles. The zero-order valence-electron chi connectivity index (χ0n) is 20.5. The minimum absolute atomic E-state index is 0.0622. The fourth-order valence-electron chi connectivity index (χ4n) is 6.10. The Balaban J connectivity index is 1.90. The highest BCUT2D eigenvalue weighted by Gasteiger charge is 2.56. The number of allylic oxidation sites excluding steroid dienone is 2. The number of nitrogens with zero attached hydrogens (tertiary/aromatic N) is 2. The predicted molar refractivity (Wildman–Crippen MR) is 134 cm³/mol. The SMILES string of the molecule is CC1=C(C(=O)O)C(c2cccc(C#N)c2)(C2CCCC2)C(C(=O)O)=C(C)N1CCOc1ccccc1. The van der Waals surface area contributed by atoms with Crippen LogP contribution in [0.5, 0.6) is 5.75 Å². The molecule has 1 aliphatic carbocycles. The number of carboxylic acid groups (broad SMARTS) is 2. The van der Waals surface area contributed by atoms with Crippen LogP contribution in [-0.2, 0) is 15.0 Å². The van der Waals surface area contributed by atoms with Crippen molar-refractivity contribution >= 4 is 11.9 Å². The molecule has 1 saturated carbocycles. The van der Waals surface area contributed by atoms with Crippen LogP contribution in [-0.4, -0.2) is 40.2 Å². The van der Waals surface area contributed by atoms with Crippen LogP contribution in [0.4, 0.5) is 0 Å². The first-order valence-electron chi connectivity index (χ1n) is 12.2. The first-order valence-corrected chi connectivity index (χ1v) is 12.2. The largest absolute Gasteiger partial charge is 0.492 e. The molecule has 2 N–H and O–H groups in total. The number of nitriles is 1. The second-order valence-electron chi connectivity index (χ2n) is 9.33. The molecule has 36 heavy (non-hydrogen) atoms. The van der Waals surface area contributed by atoms with Crippen molar-refractivity contribution in [3.8, 4) is 11.8 Å². The number of ether oxygens (including phenoxy) is 1. The zero-order valence-corrected chi connectivity index (χ0v) is 20.5. The van der Waals surface area contributed by atoms with Gasteiger partial charge in [-0.2, -0.15) is 5.26 Å². The molecule has 2 aromatic rings. The molecule has 186 valence electrons. The van der Waals surface area contributed by atoms with Gasteiger partial charge in [-0.05, 0) is 62.4 Å². The lowest BCUT2D eigenvalue weighted by Gasteiger charge is -2.48. The second-order valence-corrected chi connectivity index (χ2v) is 9.33. The topological polar surface area (TPSA) is 111 Å². The van der Waals surface area contributed by atoms with Gasteiger partial charge in [0.1, 0.15) is 12.4 Å². The molecular formula is C29H30N2O5. The first-order chi connectivity index (χ1) is 17.3. The minimum Gasteiger partial charge on any atom is -0.492 e. The monoisotopic (exact) mass is 486 g/mol. The third kappa shape index (κ3) is 4.24. The summed E-state index contributed by atoms with van der Waals surface area (Å²) < 4.78 is 5.85. The van der Waals surface area contributed by atoms with Crippen molar-refractivity contribution in [2.24, 2.45) is 5.92 Å². The lowest BCUT2D eigenvalue weighted by atomic mass is 9.58. The molecule has 7 nitrogen and oxygen atoms in total. The zero-order chi connectivity index (χ0) is 25.9. The van der Waals surface area contributed by atoms with Gasteiger partial charge < -0.3 is 19.8 Å². The molecule has 0 bridgehead atoms. The highest BCUT2D eigenvalue weighted by Crippen LogP contribution is 2.56. The van der Waals surface area contributed by atoms with Gasteiger partial charge in [0.25, 0.3) is 0 Å². The van der Waals surface area contributed by atoms with Crippen molar-refractivity contribution in [2.45, 2.75) is 44.9 Å². The van der Waals surface area contributed by atoms with Crippen molar-refractivity contribution in [1.29, 1.82) is 5.26 Å². The summed E-state index contributed by atoms with van der Waals surface area (Å²) in [5.41, 5.74) is 0.660. The van der Waals surface area contributed by atoms with Crippen LogP contribution >= 0.6 is 0 Å². The lowest BCUT2D eigenvalue weighted by molar-refractivity contribution is -0.135. The highest BCUT2D eigenvalue weighted by atomic mass is 16.5. The number of hydrogen-bond acceptors (Lipinski definition) is 5. The van der Waals surface area contributed by atoms with Crippen LogP contribution in [0, 0.1) is 17.2 Å². The van der Waals surface area contributed by atoms with Gasteiger partial charge in [-0.25, -0.2) is 9.59 Å². The van der Waals surface area contributed by atoms with E-state index < -0.39 is 17.4 Å². The van der Waals surface area contributed by atoms with E-state index in [1.54, 1.807) is 43.0 Å². The molecule has 0 amide bonds. The van der Waals surface area contributed by atoms with Crippen molar-refractivity contribution in [3.05, 3.63) is 88.3 Å². The Hall–Kier alpha value is -4.05. The van der Waals surface area contributed by atoms with Crippen molar-refractivity contribution < 1.29 is 24.5 Å². The van der Waals surface area contributed by atoms with Gasteiger partial charge >= 0.3 is 11.9 Å². The summed E-state index contributed by atoms with van der Waals surface area (Å²) in [4.78, 5) is 27.7. The van der Waals surface area contributed by atoms with Gasteiger partial charge in [-0.1, -0.05) is 43.2 Å². The summed E-state index contributed by atoms with van der Waals surface area (Å²) in [7, 11) is 0. The summed E-state index contributed by atoms with van der Waals surface area (Å²) in [6.07, 6.45) is 3.22. The standard InChI is InChI=1S/C29H30N2O5/c1-19-25(27(32)33)29(22-10-6-7-11-22,23-12-8-9-21(17-23)18-30)26(28(34)35)20(2)31(19)15-16-36-24-13-4-3-5-14-24/h3-5,8-9,12-14,17,22H,6-7,10-11,15-16H2,1-2H3,(H,32,33)(H,34,35). The molecule has 0 radical (unpaired) electrons. The first kappa shape index (κ1) is 25.1. The normalized spacial score (nSPS) is 17.8. The number of benzene rings is 2. The van der Waals surface area contributed by atoms with E-state index >= 15 is 0 Å². The smallest absolute Gasteiger partial charge is 0.334 e. The number of carbonyl (C=O) groups is 2. The average Bonchev–Trinajstić information content (AvgIpc) is 3.41.